The Kier molecular flexibility index (Phi) is 2.83. The van der Waals surface area contributed by atoms with E-state index in [4.69, 9.17) is 0 Å². The summed E-state index contributed by atoms with van der Waals surface area (Å²) in [6, 6.07) is 10.7. The van der Waals surface area contributed by atoms with Gasteiger partial charge >= 0.3 is 0 Å². The number of pyridine rings is 1. The second-order valence-corrected chi connectivity index (χ2v) is 4.39. The molecular formula is C15H12N2O2. The molecule has 94 valence electrons. The lowest BCUT2D eigenvalue weighted by Crippen LogP contribution is -2.29. The van der Waals surface area contributed by atoms with Gasteiger partial charge in [-0.25, -0.2) is 0 Å². The Balaban J connectivity index is 2.03. The second kappa shape index (κ2) is 4.65. The average molecular weight is 252 g/mol. The van der Waals surface area contributed by atoms with Crippen LogP contribution in [0.2, 0.25) is 0 Å². The first-order valence-corrected chi connectivity index (χ1v) is 6.11. The Morgan fingerprint density at radius 1 is 1.21 bits per heavy atom. The molecule has 1 aromatic carbocycles. The molecule has 1 amide bonds. The van der Waals surface area contributed by atoms with E-state index in [1.165, 1.54) is 0 Å². The van der Waals surface area contributed by atoms with Crippen LogP contribution in [0, 0.1) is 0 Å². The van der Waals surface area contributed by atoms with Gasteiger partial charge in [0.2, 0.25) is 0 Å². The van der Waals surface area contributed by atoms with Crippen molar-refractivity contribution < 1.29 is 9.59 Å². The molecule has 1 aliphatic heterocycles. The van der Waals surface area contributed by atoms with Crippen LogP contribution < -0.4 is 4.90 Å². The van der Waals surface area contributed by atoms with Gasteiger partial charge in [0.25, 0.3) is 5.91 Å². The van der Waals surface area contributed by atoms with Gasteiger partial charge in [0, 0.05) is 30.3 Å². The van der Waals surface area contributed by atoms with Gasteiger partial charge in [-0.15, -0.1) is 0 Å². The minimum Gasteiger partial charge on any atom is -0.305 e. The zero-order valence-electron chi connectivity index (χ0n) is 10.2. The topological polar surface area (TPSA) is 50.3 Å². The maximum atomic E-state index is 12.5. The molecule has 0 fully saturated rings. The average Bonchev–Trinajstić information content (AvgIpc) is 2.91. The lowest BCUT2D eigenvalue weighted by atomic mass is 10.1. The normalized spacial score (nSPS) is 13.2. The van der Waals surface area contributed by atoms with E-state index in [1.54, 1.807) is 29.3 Å². The molecule has 0 bridgehead atoms. The van der Waals surface area contributed by atoms with Crippen LogP contribution in [0.4, 0.5) is 5.69 Å². The number of aldehydes is 1. The zero-order valence-corrected chi connectivity index (χ0v) is 10.2. The first-order chi connectivity index (χ1) is 9.31. The van der Waals surface area contributed by atoms with Gasteiger partial charge in [0.15, 0.2) is 6.29 Å². The number of anilines is 1. The van der Waals surface area contributed by atoms with Crippen molar-refractivity contribution in [3.8, 4) is 0 Å². The smallest absolute Gasteiger partial charge is 0.258 e. The van der Waals surface area contributed by atoms with Crippen molar-refractivity contribution in [2.45, 2.75) is 6.42 Å². The monoisotopic (exact) mass is 252 g/mol. The molecule has 1 aromatic heterocycles. The number of amides is 1. The van der Waals surface area contributed by atoms with Crippen LogP contribution >= 0.6 is 0 Å². The van der Waals surface area contributed by atoms with Crippen molar-refractivity contribution in [3.63, 3.8) is 0 Å². The molecule has 19 heavy (non-hydrogen) atoms. The highest BCUT2D eigenvalue weighted by Crippen LogP contribution is 2.30. The molecule has 0 radical (unpaired) electrons. The second-order valence-electron chi connectivity index (χ2n) is 4.39. The number of carbonyl (C=O) groups excluding carboxylic acids is 2. The fourth-order valence-corrected chi connectivity index (χ4v) is 2.37. The largest absolute Gasteiger partial charge is 0.305 e. The fraction of sp³-hybridized carbons (Fsp3) is 0.133. The van der Waals surface area contributed by atoms with Crippen molar-refractivity contribution in [2.24, 2.45) is 0 Å². The number of aromatic nitrogens is 1. The molecule has 0 atom stereocenters. The van der Waals surface area contributed by atoms with Gasteiger partial charge in [0.05, 0.1) is 11.4 Å². The molecule has 4 heteroatoms. The highest BCUT2D eigenvalue weighted by molar-refractivity contribution is 6.09. The SMILES string of the molecule is O=Cc1ccnc2c1N(C(=O)c1ccccc1)CC2. The Morgan fingerprint density at radius 2 is 2.00 bits per heavy atom. The molecule has 3 rings (SSSR count). The van der Waals surface area contributed by atoms with E-state index in [1.807, 2.05) is 18.2 Å². The van der Waals surface area contributed by atoms with E-state index in [2.05, 4.69) is 4.98 Å². The van der Waals surface area contributed by atoms with Crippen molar-refractivity contribution in [2.75, 3.05) is 11.4 Å². The predicted octanol–water partition coefficient (Wildman–Crippen LogP) is 2.10. The third kappa shape index (κ3) is 1.91. The van der Waals surface area contributed by atoms with Crippen LogP contribution in [0.1, 0.15) is 26.4 Å². The molecule has 0 unspecified atom stereocenters. The van der Waals surface area contributed by atoms with Gasteiger partial charge in [-0.2, -0.15) is 0 Å². The maximum Gasteiger partial charge on any atom is 0.258 e. The molecule has 0 N–H and O–H groups in total. The Labute approximate surface area is 110 Å². The Morgan fingerprint density at radius 3 is 2.74 bits per heavy atom. The number of benzene rings is 1. The minimum absolute atomic E-state index is 0.0875. The van der Waals surface area contributed by atoms with Gasteiger partial charge in [0.1, 0.15) is 0 Å². The van der Waals surface area contributed by atoms with Gasteiger partial charge in [-0.1, -0.05) is 18.2 Å². The van der Waals surface area contributed by atoms with Crippen molar-refractivity contribution >= 4 is 17.9 Å². The number of nitrogens with zero attached hydrogens (tertiary/aromatic N) is 2. The highest BCUT2D eigenvalue weighted by atomic mass is 16.2. The maximum absolute atomic E-state index is 12.5. The summed E-state index contributed by atoms with van der Waals surface area (Å²) in [5, 5.41) is 0. The molecule has 2 aromatic rings. The predicted molar refractivity (Wildman–Crippen MR) is 71.4 cm³/mol. The molecule has 0 spiro atoms. The van der Waals surface area contributed by atoms with Crippen LogP contribution in [-0.2, 0) is 6.42 Å². The van der Waals surface area contributed by atoms with E-state index < -0.39 is 0 Å². The molecule has 0 saturated heterocycles. The highest BCUT2D eigenvalue weighted by Gasteiger charge is 2.28. The van der Waals surface area contributed by atoms with Crippen molar-refractivity contribution in [1.82, 2.24) is 4.98 Å². The van der Waals surface area contributed by atoms with E-state index in [0.29, 0.717) is 29.8 Å². The summed E-state index contributed by atoms with van der Waals surface area (Å²) in [5.41, 5.74) is 2.61. The van der Waals surface area contributed by atoms with E-state index in [-0.39, 0.29) is 5.91 Å². The van der Waals surface area contributed by atoms with Gasteiger partial charge < -0.3 is 4.90 Å². The van der Waals surface area contributed by atoms with Crippen molar-refractivity contribution in [3.05, 3.63) is 59.4 Å². The summed E-state index contributed by atoms with van der Waals surface area (Å²) in [7, 11) is 0. The molecule has 2 heterocycles. The lowest BCUT2D eigenvalue weighted by molar-refractivity contribution is 0.0989. The van der Waals surface area contributed by atoms with Crippen LogP contribution in [0.15, 0.2) is 42.6 Å². The first kappa shape index (κ1) is 11.6. The standard InChI is InChI=1S/C15H12N2O2/c18-10-12-6-8-16-13-7-9-17(14(12)13)15(19)11-4-2-1-3-5-11/h1-6,8,10H,7,9H2. The molecule has 0 aliphatic carbocycles. The minimum atomic E-state index is -0.0875. The number of fused-ring (bicyclic) bond motifs is 1. The number of hydrogen-bond acceptors (Lipinski definition) is 3. The zero-order chi connectivity index (χ0) is 13.2. The van der Waals surface area contributed by atoms with Gasteiger partial charge in [-0.05, 0) is 18.2 Å². The van der Waals surface area contributed by atoms with Crippen molar-refractivity contribution in [1.29, 1.82) is 0 Å². The van der Waals surface area contributed by atoms with Crippen LogP contribution in [0.25, 0.3) is 0 Å². The fourth-order valence-electron chi connectivity index (χ4n) is 2.37. The Bertz CT molecular complexity index is 638. The Hall–Kier alpha value is -2.49. The van der Waals surface area contributed by atoms with E-state index in [9.17, 15) is 9.59 Å². The summed E-state index contributed by atoms with van der Waals surface area (Å²) in [4.78, 5) is 29.4. The van der Waals surface area contributed by atoms with Crippen LogP contribution in [-0.4, -0.2) is 23.7 Å². The summed E-state index contributed by atoms with van der Waals surface area (Å²) < 4.78 is 0. The van der Waals surface area contributed by atoms with E-state index >= 15 is 0 Å². The molecule has 4 nitrogen and oxygen atoms in total. The number of rotatable bonds is 2. The number of carbonyl (C=O) groups is 2. The quantitative estimate of drug-likeness (QED) is 0.769. The van der Waals surface area contributed by atoms with Crippen LogP contribution in [0.5, 0.6) is 0 Å². The van der Waals surface area contributed by atoms with E-state index in [0.717, 1.165) is 12.0 Å². The number of hydrogen-bond donors (Lipinski definition) is 0. The summed E-state index contributed by atoms with van der Waals surface area (Å²) in [5.74, 6) is -0.0875. The third-order valence-electron chi connectivity index (χ3n) is 3.27. The first-order valence-electron chi connectivity index (χ1n) is 6.11. The summed E-state index contributed by atoms with van der Waals surface area (Å²) in [6.07, 6.45) is 3.08. The lowest BCUT2D eigenvalue weighted by Gasteiger charge is -2.18. The van der Waals surface area contributed by atoms with Gasteiger partial charge in [-0.3, -0.25) is 14.6 Å². The molecular weight excluding hydrogens is 240 g/mol. The summed E-state index contributed by atoms with van der Waals surface area (Å²) >= 11 is 0. The molecule has 1 aliphatic rings. The van der Waals surface area contributed by atoms with Crippen LogP contribution in [0.3, 0.4) is 0 Å². The summed E-state index contributed by atoms with van der Waals surface area (Å²) in [6.45, 7) is 0.570. The third-order valence-corrected chi connectivity index (χ3v) is 3.27. The molecule has 0 saturated carbocycles.